The molecular formula is C19H20N2O. The lowest BCUT2D eigenvalue weighted by Crippen LogP contribution is -2.02. The van der Waals surface area contributed by atoms with Crippen LogP contribution in [0.15, 0.2) is 84.2 Å². The van der Waals surface area contributed by atoms with Crippen LogP contribution in [0.4, 0.5) is 11.4 Å². The Kier molecular flexibility index (Phi) is 5.55. The minimum absolute atomic E-state index is 0.0538. The number of rotatable bonds is 6. The van der Waals surface area contributed by atoms with Gasteiger partial charge in [-0.25, -0.2) is 0 Å². The summed E-state index contributed by atoms with van der Waals surface area (Å²) in [6, 6.07) is 19.5. The first-order chi connectivity index (χ1) is 10.6. The molecule has 0 aliphatic carbocycles. The van der Waals surface area contributed by atoms with Crippen molar-refractivity contribution >= 4 is 17.2 Å². The molecule has 0 fully saturated rings. The van der Waals surface area contributed by atoms with Crippen molar-refractivity contribution in [1.82, 2.24) is 0 Å². The zero-order valence-corrected chi connectivity index (χ0v) is 12.8. The molecule has 2 rings (SSSR count). The molecule has 0 unspecified atom stereocenters. The SMILES string of the molecule is C/C(=C/C(=O)/C=C(/C)Nc1ccccc1)Nc1ccccc1. The highest BCUT2D eigenvalue weighted by Gasteiger charge is 1.98. The first-order valence-electron chi connectivity index (χ1n) is 7.18. The molecule has 22 heavy (non-hydrogen) atoms. The monoisotopic (exact) mass is 292 g/mol. The fourth-order valence-electron chi connectivity index (χ4n) is 2.04. The Morgan fingerprint density at radius 3 is 1.45 bits per heavy atom. The molecule has 0 aliphatic rings. The van der Waals surface area contributed by atoms with Crippen molar-refractivity contribution < 1.29 is 4.79 Å². The van der Waals surface area contributed by atoms with Crippen molar-refractivity contribution in [2.45, 2.75) is 13.8 Å². The van der Waals surface area contributed by atoms with E-state index in [1.165, 1.54) is 0 Å². The maximum Gasteiger partial charge on any atom is 0.182 e. The van der Waals surface area contributed by atoms with Gasteiger partial charge in [-0.3, -0.25) is 4.79 Å². The second-order valence-corrected chi connectivity index (χ2v) is 5.04. The van der Waals surface area contributed by atoms with Crippen LogP contribution in [0, 0.1) is 0 Å². The summed E-state index contributed by atoms with van der Waals surface area (Å²) in [5, 5.41) is 6.37. The first-order valence-corrected chi connectivity index (χ1v) is 7.18. The Balaban J connectivity index is 1.96. The van der Waals surface area contributed by atoms with Gasteiger partial charge >= 0.3 is 0 Å². The number of carbonyl (C=O) groups excluding carboxylic acids is 1. The summed E-state index contributed by atoms with van der Waals surface area (Å²) >= 11 is 0. The molecule has 0 radical (unpaired) electrons. The van der Waals surface area contributed by atoms with Crippen LogP contribution in [0.3, 0.4) is 0 Å². The summed E-state index contributed by atoms with van der Waals surface area (Å²) in [5.74, 6) is -0.0538. The lowest BCUT2D eigenvalue weighted by molar-refractivity contribution is -0.110. The number of benzene rings is 2. The molecule has 0 bridgehead atoms. The van der Waals surface area contributed by atoms with E-state index in [-0.39, 0.29) is 5.78 Å². The molecule has 0 saturated heterocycles. The lowest BCUT2D eigenvalue weighted by atomic mass is 10.2. The Bertz CT molecular complexity index is 614. The Morgan fingerprint density at radius 1 is 0.727 bits per heavy atom. The zero-order valence-electron chi connectivity index (χ0n) is 12.8. The van der Waals surface area contributed by atoms with Gasteiger partial charge < -0.3 is 10.6 Å². The van der Waals surface area contributed by atoms with E-state index in [2.05, 4.69) is 10.6 Å². The average Bonchev–Trinajstić information content (AvgIpc) is 2.48. The summed E-state index contributed by atoms with van der Waals surface area (Å²) in [5.41, 5.74) is 3.54. The average molecular weight is 292 g/mol. The zero-order chi connectivity index (χ0) is 15.8. The van der Waals surface area contributed by atoms with Crippen LogP contribution in [0.25, 0.3) is 0 Å². The molecule has 0 spiro atoms. The minimum atomic E-state index is -0.0538. The van der Waals surface area contributed by atoms with E-state index in [1.54, 1.807) is 12.2 Å². The van der Waals surface area contributed by atoms with Gasteiger partial charge in [-0.05, 0) is 38.1 Å². The highest BCUT2D eigenvalue weighted by atomic mass is 16.1. The van der Waals surface area contributed by atoms with Gasteiger partial charge in [0.1, 0.15) is 0 Å². The molecule has 2 aromatic rings. The van der Waals surface area contributed by atoms with Crippen molar-refractivity contribution in [1.29, 1.82) is 0 Å². The van der Waals surface area contributed by atoms with Gasteiger partial charge in [0.15, 0.2) is 5.78 Å². The van der Waals surface area contributed by atoms with Gasteiger partial charge in [-0.2, -0.15) is 0 Å². The van der Waals surface area contributed by atoms with Crippen molar-refractivity contribution in [2.75, 3.05) is 10.6 Å². The number of anilines is 2. The molecule has 112 valence electrons. The van der Waals surface area contributed by atoms with E-state index in [9.17, 15) is 4.79 Å². The number of hydrogen-bond donors (Lipinski definition) is 2. The van der Waals surface area contributed by atoms with Crippen LogP contribution in [0.2, 0.25) is 0 Å². The lowest BCUT2D eigenvalue weighted by Gasteiger charge is -2.06. The van der Waals surface area contributed by atoms with Gasteiger partial charge in [0.2, 0.25) is 0 Å². The van der Waals surface area contributed by atoms with E-state index >= 15 is 0 Å². The standard InChI is InChI=1S/C19H20N2O/c1-15(20-17-9-5-3-6-10-17)13-19(22)14-16(2)21-18-11-7-4-8-12-18/h3-14,20-21H,1-2H3/b15-13-,16-14-. The number of ketones is 1. The fraction of sp³-hybridized carbons (Fsp3) is 0.105. The highest BCUT2D eigenvalue weighted by Crippen LogP contribution is 2.10. The number of carbonyl (C=O) groups is 1. The highest BCUT2D eigenvalue weighted by molar-refractivity contribution is 6.00. The number of allylic oxidation sites excluding steroid dienone is 4. The summed E-state index contributed by atoms with van der Waals surface area (Å²) in [4.78, 5) is 12.0. The van der Waals surface area contributed by atoms with Gasteiger partial charge in [-0.15, -0.1) is 0 Å². The predicted molar refractivity (Wildman–Crippen MR) is 92.7 cm³/mol. The summed E-state index contributed by atoms with van der Waals surface area (Å²) in [7, 11) is 0. The van der Waals surface area contributed by atoms with E-state index in [4.69, 9.17) is 0 Å². The van der Waals surface area contributed by atoms with Crippen LogP contribution < -0.4 is 10.6 Å². The molecule has 3 nitrogen and oxygen atoms in total. The number of nitrogens with one attached hydrogen (secondary N) is 2. The third kappa shape index (κ3) is 5.29. The largest absolute Gasteiger partial charge is 0.359 e. The van der Waals surface area contributed by atoms with Gasteiger partial charge in [-0.1, -0.05) is 36.4 Å². The maximum atomic E-state index is 12.0. The van der Waals surface area contributed by atoms with Crippen molar-refractivity contribution in [2.24, 2.45) is 0 Å². The van der Waals surface area contributed by atoms with E-state index in [0.717, 1.165) is 22.8 Å². The fourth-order valence-corrected chi connectivity index (χ4v) is 2.04. The smallest absolute Gasteiger partial charge is 0.182 e. The third-order valence-corrected chi connectivity index (χ3v) is 2.95. The first kappa shape index (κ1) is 15.6. The summed E-state index contributed by atoms with van der Waals surface area (Å²) in [6.07, 6.45) is 3.17. The normalized spacial score (nSPS) is 11.9. The molecule has 0 atom stereocenters. The topological polar surface area (TPSA) is 41.1 Å². The quantitative estimate of drug-likeness (QED) is 0.765. The van der Waals surface area contributed by atoms with Crippen LogP contribution in [0.5, 0.6) is 0 Å². The second kappa shape index (κ2) is 7.84. The molecule has 0 aromatic heterocycles. The van der Waals surface area contributed by atoms with E-state index < -0.39 is 0 Å². The van der Waals surface area contributed by atoms with Crippen molar-refractivity contribution in [3.05, 3.63) is 84.2 Å². The van der Waals surface area contributed by atoms with E-state index in [0.29, 0.717) is 0 Å². The molecular weight excluding hydrogens is 272 g/mol. The van der Waals surface area contributed by atoms with Gasteiger partial charge in [0.05, 0.1) is 0 Å². The molecule has 0 amide bonds. The summed E-state index contributed by atoms with van der Waals surface area (Å²) < 4.78 is 0. The van der Waals surface area contributed by atoms with Crippen LogP contribution >= 0.6 is 0 Å². The van der Waals surface area contributed by atoms with Crippen molar-refractivity contribution in [3.63, 3.8) is 0 Å². The molecule has 3 heteroatoms. The van der Waals surface area contributed by atoms with Crippen LogP contribution in [-0.4, -0.2) is 5.78 Å². The van der Waals surface area contributed by atoms with Crippen LogP contribution in [-0.2, 0) is 4.79 Å². The maximum absolute atomic E-state index is 12.0. The Morgan fingerprint density at radius 2 is 1.09 bits per heavy atom. The number of para-hydroxylation sites is 2. The van der Waals surface area contributed by atoms with Crippen LogP contribution in [0.1, 0.15) is 13.8 Å². The van der Waals surface area contributed by atoms with Gasteiger partial charge in [0.25, 0.3) is 0 Å². The molecule has 2 N–H and O–H groups in total. The predicted octanol–water partition coefficient (Wildman–Crippen LogP) is 4.59. The van der Waals surface area contributed by atoms with Crippen molar-refractivity contribution in [3.8, 4) is 0 Å². The van der Waals surface area contributed by atoms with E-state index in [1.807, 2.05) is 74.5 Å². The Labute approximate surface area is 131 Å². The molecule has 2 aromatic carbocycles. The number of hydrogen-bond acceptors (Lipinski definition) is 3. The summed E-state index contributed by atoms with van der Waals surface area (Å²) in [6.45, 7) is 3.75. The second-order valence-electron chi connectivity index (χ2n) is 5.04. The molecule has 0 heterocycles. The molecule has 0 aliphatic heterocycles. The molecule has 0 saturated carbocycles. The third-order valence-electron chi connectivity index (χ3n) is 2.95. The minimum Gasteiger partial charge on any atom is -0.359 e. The Hall–Kier alpha value is -2.81. The van der Waals surface area contributed by atoms with Gasteiger partial charge in [0, 0.05) is 34.9 Å².